The molecule has 2 saturated carbocycles. The molecule has 0 aromatic heterocycles. The van der Waals surface area contributed by atoms with E-state index in [1.807, 2.05) is 0 Å². The number of rotatable bonds is 3. The smallest absolute Gasteiger partial charge is 0.317 e. The van der Waals surface area contributed by atoms with E-state index in [1.165, 1.54) is 68.4 Å². The molecule has 0 spiro atoms. The maximum absolute atomic E-state index is 13.1. The average molecular weight is 439 g/mol. The Morgan fingerprint density at radius 2 is 1.62 bits per heavy atom. The Bertz CT molecular complexity index is 802. The van der Waals surface area contributed by atoms with Gasteiger partial charge in [-0.15, -0.1) is 0 Å². The van der Waals surface area contributed by atoms with E-state index in [4.69, 9.17) is 0 Å². The maximum atomic E-state index is 13.1. The van der Waals surface area contributed by atoms with Crippen molar-refractivity contribution in [2.75, 3.05) is 37.6 Å². The number of urea groups is 1. The molecule has 0 bridgehead atoms. The summed E-state index contributed by atoms with van der Waals surface area (Å²) >= 11 is 0. The number of hydrogen-bond donors (Lipinski definition) is 1. The quantitative estimate of drug-likeness (QED) is 0.730. The van der Waals surface area contributed by atoms with Gasteiger partial charge in [0.15, 0.2) is 0 Å². The minimum atomic E-state index is 0.0947. The molecule has 2 aliphatic heterocycles. The summed E-state index contributed by atoms with van der Waals surface area (Å²) in [6, 6.07) is 8.42. The highest BCUT2D eigenvalue weighted by molar-refractivity contribution is 5.75. The van der Waals surface area contributed by atoms with Gasteiger partial charge in [0.25, 0.3) is 0 Å². The maximum Gasteiger partial charge on any atom is 0.317 e. The van der Waals surface area contributed by atoms with Crippen molar-refractivity contribution in [3.8, 4) is 0 Å². The first-order valence-electron chi connectivity index (χ1n) is 13.2. The third kappa shape index (κ3) is 4.64. The van der Waals surface area contributed by atoms with E-state index in [2.05, 4.69) is 52.1 Å². The minimum Gasteiger partial charge on any atom is -0.369 e. The van der Waals surface area contributed by atoms with Crippen LogP contribution in [0, 0.1) is 0 Å². The molecule has 4 aliphatic rings. The van der Waals surface area contributed by atoms with Crippen LogP contribution in [0.2, 0.25) is 0 Å². The molecule has 2 heterocycles. The van der Waals surface area contributed by atoms with Crippen LogP contribution in [0.4, 0.5) is 10.5 Å². The number of fused-ring (bicyclic) bond motifs is 1. The molecule has 1 N–H and O–H groups in total. The molecular weight excluding hydrogens is 396 g/mol. The molecule has 32 heavy (non-hydrogen) atoms. The van der Waals surface area contributed by atoms with Crippen LogP contribution in [-0.2, 0) is 12.0 Å². The Hall–Kier alpha value is -1.75. The summed E-state index contributed by atoms with van der Waals surface area (Å²) < 4.78 is 0. The Kier molecular flexibility index (Phi) is 6.37. The van der Waals surface area contributed by atoms with Crippen molar-refractivity contribution in [3.05, 3.63) is 29.3 Å². The Balaban J connectivity index is 1.29. The van der Waals surface area contributed by atoms with Crippen LogP contribution in [0.1, 0.15) is 82.8 Å². The van der Waals surface area contributed by atoms with Gasteiger partial charge < -0.3 is 15.1 Å². The zero-order valence-electron chi connectivity index (χ0n) is 20.2. The van der Waals surface area contributed by atoms with E-state index in [0.29, 0.717) is 6.04 Å². The van der Waals surface area contributed by atoms with Crippen LogP contribution in [0.3, 0.4) is 0 Å². The van der Waals surface area contributed by atoms with E-state index in [0.717, 1.165) is 51.5 Å². The standard InChI is InChI=1S/C27H42N4O/c1-27(2)13-14-31(26(32)28-22-7-3-4-8-22)20-21-19-24(11-12-25(21)27)30-17-15-29(16-18-30)23-9-5-6-10-23/h11-12,19,22-23H,3-10,13-18,20H2,1-2H3,(H,28,32). The normalized spacial score (nSPS) is 25.1. The predicted molar refractivity (Wildman–Crippen MR) is 131 cm³/mol. The number of amides is 2. The highest BCUT2D eigenvalue weighted by atomic mass is 16.2. The molecule has 1 saturated heterocycles. The number of anilines is 1. The first kappa shape index (κ1) is 22.1. The summed E-state index contributed by atoms with van der Waals surface area (Å²) in [5, 5.41) is 3.32. The topological polar surface area (TPSA) is 38.8 Å². The van der Waals surface area contributed by atoms with Gasteiger partial charge in [-0.3, -0.25) is 4.90 Å². The fraction of sp³-hybridized carbons (Fsp3) is 0.741. The largest absolute Gasteiger partial charge is 0.369 e. The second-order valence-electron chi connectivity index (χ2n) is 11.3. The third-order valence-corrected chi connectivity index (χ3v) is 8.68. The van der Waals surface area contributed by atoms with Gasteiger partial charge >= 0.3 is 6.03 Å². The van der Waals surface area contributed by atoms with Crippen molar-refractivity contribution >= 4 is 11.7 Å². The lowest BCUT2D eigenvalue weighted by molar-refractivity contribution is 0.187. The summed E-state index contributed by atoms with van der Waals surface area (Å²) in [6.45, 7) is 10.8. The number of hydrogen-bond acceptors (Lipinski definition) is 3. The summed E-state index contributed by atoms with van der Waals surface area (Å²) in [5.74, 6) is 0. The zero-order valence-corrected chi connectivity index (χ0v) is 20.2. The summed E-state index contributed by atoms with van der Waals surface area (Å²) in [7, 11) is 0. The van der Waals surface area contributed by atoms with Crippen molar-refractivity contribution < 1.29 is 4.79 Å². The second-order valence-corrected chi connectivity index (χ2v) is 11.3. The van der Waals surface area contributed by atoms with Gasteiger partial charge in [-0.25, -0.2) is 4.79 Å². The summed E-state index contributed by atoms with van der Waals surface area (Å²) in [4.78, 5) is 20.4. The first-order chi connectivity index (χ1) is 15.5. The van der Waals surface area contributed by atoms with Crippen LogP contribution >= 0.6 is 0 Å². The lowest BCUT2D eigenvalue weighted by Crippen LogP contribution is -2.49. The van der Waals surface area contributed by atoms with E-state index < -0.39 is 0 Å². The number of carbonyl (C=O) groups is 1. The van der Waals surface area contributed by atoms with Gasteiger partial charge in [0.2, 0.25) is 0 Å². The van der Waals surface area contributed by atoms with Crippen molar-refractivity contribution in [1.29, 1.82) is 0 Å². The van der Waals surface area contributed by atoms with Crippen LogP contribution in [0.5, 0.6) is 0 Å². The van der Waals surface area contributed by atoms with Crippen LogP contribution in [0.15, 0.2) is 18.2 Å². The van der Waals surface area contributed by atoms with Crippen molar-refractivity contribution in [3.63, 3.8) is 0 Å². The molecule has 1 aromatic carbocycles. The van der Waals surface area contributed by atoms with Crippen molar-refractivity contribution in [2.45, 2.75) is 95.7 Å². The van der Waals surface area contributed by atoms with E-state index in [1.54, 1.807) is 0 Å². The molecular formula is C27H42N4O. The second kappa shape index (κ2) is 9.24. The van der Waals surface area contributed by atoms with E-state index >= 15 is 0 Å². The molecule has 0 radical (unpaired) electrons. The minimum absolute atomic E-state index is 0.0947. The van der Waals surface area contributed by atoms with Gasteiger partial charge in [0, 0.05) is 57.0 Å². The van der Waals surface area contributed by atoms with E-state index in [-0.39, 0.29) is 11.4 Å². The van der Waals surface area contributed by atoms with Crippen LogP contribution in [-0.4, -0.2) is 60.6 Å². The fourth-order valence-electron chi connectivity index (χ4n) is 6.53. The summed E-state index contributed by atoms with van der Waals surface area (Å²) in [5.41, 5.74) is 4.19. The number of carbonyl (C=O) groups excluding carboxylic acids is 1. The highest BCUT2D eigenvalue weighted by Crippen LogP contribution is 2.36. The fourth-order valence-corrected chi connectivity index (χ4v) is 6.53. The van der Waals surface area contributed by atoms with Crippen molar-refractivity contribution in [2.24, 2.45) is 0 Å². The Labute approximate surface area is 194 Å². The van der Waals surface area contributed by atoms with Gasteiger partial charge in [0.1, 0.15) is 0 Å². The Morgan fingerprint density at radius 3 is 2.34 bits per heavy atom. The molecule has 176 valence electrons. The molecule has 0 unspecified atom stereocenters. The Morgan fingerprint density at radius 1 is 0.938 bits per heavy atom. The van der Waals surface area contributed by atoms with Crippen molar-refractivity contribution in [1.82, 2.24) is 15.1 Å². The molecule has 5 heteroatoms. The average Bonchev–Trinajstić information content (AvgIpc) is 3.49. The molecule has 0 atom stereocenters. The number of nitrogens with zero attached hydrogens (tertiary/aromatic N) is 3. The SMILES string of the molecule is CC1(C)CCN(C(=O)NC2CCCC2)Cc2cc(N3CCN(C4CCCC4)CC3)ccc21. The first-order valence-corrected chi connectivity index (χ1v) is 13.2. The molecule has 3 fully saturated rings. The molecule has 1 aromatic rings. The predicted octanol–water partition coefficient (Wildman–Crippen LogP) is 4.89. The molecule has 5 nitrogen and oxygen atoms in total. The van der Waals surface area contributed by atoms with E-state index in [9.17, 15) is 4.79 Å². The molecule has 2 amide bonds. The number of piperazine rings is 1. The van der Waals surface area contributed by atoms with Crippen LogP contribution in [0.25, 0.3) is 0 Å². The zero-order chi connectivity index (χ0) is 22.1. The highest BCUT2D eigenvalue weighted by Gasteiger charge is 2.32. The van der Waals surface area contributed by atoms with Gasteiger partial charge in [-0.05, 0) is 60.8 Å². The van der Waals surface area contributed by atoms with Gasteiger partial charge in [0.05, 0.1) is 0 Å². The van der Waals surface area contributed by atoms with Gasteiger partial charge in [-0.2, -0.15) is 0 Å². The lowest BCUT2D eigenvalue weighted by atomic mass is 9.80. The number of nitrogens with one attached hydrogen (secondary N) is 1. The number of benzene rings is 1. The molecule has 2 aliphatic carbocycles. The third-order valence-electron chi connectivity index (χ3n) is 8.68. The summed E-state index contributed by atoms with van der Waals surface area (Å²) in [6.07, 6.45) is 11.4. The molecule has 5 rings (SSSR count). The lowest BCUT2D eigenvalue weighted by Gasteiger charge is -2.39. The van der Waals surface area contributed by atoms with Gasteiger partial charge in [-0.1, -0.05) is 45.6 Å². The van der Waals surface area contributed by atoms with Crippen LogP contribution < -0.4 is 10.2 Å². The monoisotopic (exact) mass is 438 g/mol.